The van der Waals surface area contributed by atoms with E-state index in [0.717, 1.165) is 25.2 Å². The van der Waals surface area contributed by atoms with Gasteiger partial charge in [0.15, 0.2) is 0 Å². The lowest BCUT2D eigenvalue weighted by atomic mass is 10.0. The number of aryl methyl sites for hydroxylation is 1. The Balaban J connectivity index is 1.80. The summed E-state index contributed by atoms with van der Waals surface area (Å²) in [6.07, 6.45) is 2.38. The number of benzene rings is 1. The van der Waals surface area contributed by atoms with Gasteiger partial charge in [0.25, 0.3) is 0 Å². The van der Waals surface area contributed by atoms with E-state index >= 15 is 0 Å². The second kappa shape index (κ2) is 4.94. The molecule has 0 aromatic heterocycles. The number of anilines is 1. The fourth-order valence-corrected chi connectivity index (χ4v) is 3.44. The molecule has 0 atom stereocenters. The largest absolute Gasteiger partial charge is 0.315 e. The van der Waals surface area contributed by atoms with Gasteiger partial charge in [-0.25, -0.2) is 0 Å². The predicted molar refractivity (Wildman–Crippen MR) is 75.3 cm³/mol. The van der Waals surface area contributed by atoms with Gasteiger partial charge in [0.05, 0.1) is 5.92 Å². The van der Waals surface area contributed by atoms with E-state index < -0.39 is 0 Å². The summed E-state index contributed by atoms with van der Waals surface area (Å²) in [6.45, 7) is 1.65. The van der Waals surface area contributed by atoms with Gasteiger partial charge in [-0.1, -0.05) is 0 Å². The first-order valence-electron chi connectivity index (χ1n) is 6.50. The standard InChI is InChI=1S/C14H18N2OS/c1-16(14(17)11-8-15-9-11)12-4-5-13-10(7-12)3-2-6-18-13/h4-5,7,11,15H,2-3,6,8-9H2,1H3. The number of hydrogen-bond acceptors (Lipinski definition) is 3. The van der Waals surface area contributed by atoms with Gasteiger partial charge >= 0.3 is 0 Å². The number of nitrogens with one attached hydrogen (secondary N) is 1. The first-order valence-corrected chi connectivity index (χ1v) is 7.48. The molecule has 0 spiro atoms. The van der Waals surface area contributed by atoms with E-state index in [0.29, 0.717) is 0 Å². The van der Waals surface area contributed by atoms with Crippen LogP contribution in [-0.2, 0) is 11.2 Å². The van der Waals surface area contributed by atoms with Crippen LogP contribution in [0.25, 0.3) is 0 Å². The Morgan fingerprint density at radius 2 is 2.28 bits per heavy atom. The summed E-state index contributed by atoms with van der Waals surface area (Å²) in [6, 6.07) is 6.42. The van der Waals surface area contributed by atoms with Crippen LogP contribution in [0, 0.1) is 5.92 Å². The summed E-state index contributed by atoms with van der Waals surface area (Å²) in [5, 5.41) is 3.15. The molecule has 0 unspecified atom stereocenters. The molecule has 1 aromatic rings. The van der Waals surface area contributed by atoms with Crippen molar-refractivity contribution in [2.75, 3.05) is 30.8 Å². The molecule has 2 aliphatic rings. The molecule has 18 heavy (non-hydrogen) atoms. The summed E-state index contributed by atoms with van der Waals surface area (Å²) < 4.78 is 0. The van der Waals surface area contributed by atoms with Gasteiger partial charge in [0, 0.05) is 30.7 Å². The highest BCUT2D eigenvalue weighted by Crippen LogP contribution is 2.32. The monoisotopic (exact) mass is 262 g/mol. The maximum absolute atomic E-state index is 12.2. The molecule has 1 fully saturated rings. The first-order chi connectivity index (χ1) is 8.75. The number of nitrogens with zero attached hydrogens (tertiary/aromatic N) is 1. The highest BCUT2D eigenvalue weighted by atomic mass is 32.2. The Bertz CT molecular complexity index is 471. The van der Waals surface area contributed by atoms with Gasteiger partial charge in [-0.3, -0.25) is 4.79 Å². The molecule has 1 aromatic carbocycles. The number of rotatable bonds is 2. The topological polar surface area (TPSA) is 32.3 Å². The van der Waals surface area contributed by atoms with Gasteiger partial charge in [0.1, 0.15) is 0 Å². The predicted octanol–water partition coefficient (Wildman–Crippen LogP) is 1.91. The number of carbonyl (C=O) groups is 1. The maximum Gasteiger partial charge on any atom is 0.232 e. The molecule has 1 saturated heterocycles. The molecule has 0 radical (unpaired) electrons. The smallest absolute Gasteiger partial charge is 0.232 e. The van der Waals surface area contributed by atoms with Crippen molar-refractivity contribution in [2.45, 2.75) is 17.7 Å². The number of carbonyl (C=O) groups excluding carboxylic acids is 1. The zero-order valence-corrected chi connectivity index (χ0v) is 11.4. The summed E-state index contributed by atoms with van der Waals surface area (Å²) in [4.78, 5) is 15.4. The molecule has 4 heteroatoms. The molecular formula is C14H18N2OS. The van der Waals surface area contributed by atoms with Crippen LogP contribution in [0.4, 0.5) is 5.69 Å². The molecule has 2 aliphatic heterocycles. The summed E-state index contributed by atoms with van der Waals surface area (Å²) >= 11 is 1.93. The van der Waals surface area contributed by atoms with Crippen LogP contribution >= 0.6 is 11.8 Å². The number of thioether (sulfide) groups is 1. The lowest BCUT2D eigenvalue weighted by Crippen LogP contribution is -2.51. The van der Waals surface area contributed by atoms with Crippen molar-refractivity contribution in [3.63, 3.8) is 0 Å². The Morgan fingerprint density at radius 1 is 1.44 bits per heavy atom. The number of amides is 1. The Morgan fingerprint density at radius 3 is 3.00 bits per heavy atom. The molecular weight excluding hydrogens is 244 g/mol. The van der Waals surface area contributed by atoms with Gasteiger partial charge in [0.2, 0.25) is 5.91 Å². The molecule has 0 aliphatic carbocycles. The fourth-order valence-electron chi connectivity index (χ4n) is 2.42. The lowest BCUT2D eigenvalue weighted by molar-refractivity contribution is -0.123. The second-order valence-corrected chi connectivity index (χ2v) is 6.13. The normalized spacial score (nSPS) is 18.9. The average molecular weight is 262 g/mol. The van der Waals surface area contributed by atoms with Gasteiger partial charge in [-0.05, 0) is 42.4 Å². The lowest BCUT2D eigenvalue weighted by Gasteiger charge is -2.30. The maximum atomic E-state index is 12.2. The minimum atomic E-state index is 0.167. The van der Waals surface area contributed by atoms with Gasteiger partial charge in [-0.15, -0.1) is 11.8 Å². The van der Waals surface area contributed by atoms with Crippen molar-refractivity contribution in [3.8, 4) is 0 Å². The number of hydrogen-bond donors (Lipinski definition) is 1. The highest BCUT2D eigenvalue weighted by molar-refractivity contribution is 7.99. The van der Waals surface area contributed by atoms with E-state index in [2.05, 4.69) is 23.5 Å². The quantitative estimate of drug-likeness (QED) is 0.883. The van der Waals surface area contributed by atoms with Crippen LogP contribution in [-0.4, -0.2) is 31.8 Å². The molecule has 0 saturated carbocycles. The number of fused-ring (bicyclic) bond motifs is 1. The van der Waals surface area contributed by atoms with Gasteiger partial charge in [-0.2, -0.15) is 0 Å². The summed E-state index contributed by atoms with van der Waals surface area (Å²) in [7, 11) is 1.89. The molecule has 3 nitrogen and oxygen atoms in total. The van der Waals surface area contributed by atoms with E-state index in [1.165, 1.54) is 22.6 Å². The van der Waals surface area contributed by atoms with E-state index in [1.807, 2.05) is 23.7 Å². The van der Waals surface area contributed by atoms with E-state index in [4.69, 9.17) is 0 Å². The Hall–Kier alpha value is -1.00. The summed E-state index contributed by atoms with van der Waals surface area (Å²) in [5.74, 6) is 1.62. The third kappa shape index (κ3) is 2.15. The van der Waals surface area contributed by atoms with E-state index in [-0.39, 0.29) is 11.8 Å². The van der Waals surface area contributed by atoms with Gasteiger partial charge < -0.3 is 10.2 Å². The van der Waals surface area contributed by atoms with Crippen molar-refractivity contribution in [1.29, 1.82) is 0 Å². The molecule has 2 heterocycles. The molecule has 1 N–H and O–H groups in total. The van der Waals surface area contributed by atoms with Crippen LogP contribution in [0.15, 0.2) is 23.1 Å². The summed E-state index contributed by atoms with van der Waals surface area (Å²) in [5.41, 5.74) is 2.43. The first kappa shape index (κ1) is 12.1. The van der Waals surface area contributed by atoms with E-state index in [1.54, 1.807) is 0 Å². The zero-order chi connectivity index (χ0) is 12.5. The third-order valence-electron chi connectivity index (χ3n) is 3.74. The van der Waals surface area contributed by atoms with Crippen LogP contribution < -0.4 is 10.2 Å². The molecule has 1 amide bonds. The van der Waals surface area contributed by atoms with Crippen molar-refractivity contribution >= 4 is 23.4 Å². The van der Waals surface area contributed by atoms with Crippen LogP contribution in [0.2, 0.25) is 0 Å². The average Bonchev–Trinajstić information content (AvgIpc) is 2.35. The second-order valence-electron chi connectivity index (χ2n) is 5.00. The van der Waals surface area contributed by atoms with Crippen molar-refractivity contribution in [3.05, 3.63) is 23.8 Å². The van der Waals surface area contributed by atoms with E-state index in [9.17, 15) is 4.79 Å². The zero-order valence-electron chi connectivity index (χ0n) is 10.6. The van der Waals surface area contributed by atoms with Crippen molar-refractivity contribution in [2.24, 2.45) is 5.92 Å². The van der Waals surface area contributed by atoms with Crippen LogP contribution in [0.1, 0.15) is 12.0 Å². The minimum Gasteiger partial charge on any atom is -0.315 e. The van der Waals surface area contributed by atoms with Crippen molar-refractivity contribution in [1.82, 2.24) is 5.32 Å². The van der Waals surface area contributed by atoms with Crippen LogP contribution in [0.5, 0.6) is 0 Å². The third-order valence-corrected chi connectivity index (χ3v) is 4.94. The van der Waals surface area contributed by atoms with Crippen molar-refractivity contribution < 1.29 is 4.79 Å². The Labute approximate surface area is 112 Å². The minimum absolute atomic E-state index is 0.167. The fraction of sp³-hybridized carbons (Fsp3) is 0.500. The molecule has 96 valence electrons. The molecule has 3 rings (SSSR count). The Kier molecular flexibility index (Phi) is 3.31. The van der Waals surface area contributed by atoms with Crippen LogP contribution in [0.3, 0.4) is 0 Å². The SMILES string of the molecule is CN(C(=O)C1CNC1)c1ccc2c(c1)CCCS2. The molecule has 0 bridgehead atoms. The highest BCUT2D eigenvalue weighted by Gasteiger charge is 2.28.